The molecule has 5 heteroatoms. The van der Waals surface area contributed by atoms with E-state index in [-0.39, 0.29) is 12.5 Å². The van der Waals surface area contributed by atoms with E-state index in [0.29, 0.717) is 10.7 Å². The van der Waals surface area contributed by atoms with Crippen molar-refractivity contribution < 1.29 is 4.79 Å². The Morgan fingerprint density at radius 2 is 2.28 bits per heavy atom. The number of rotatable bonds is 4. The van der Waals surface area contributed by atoms with E-state index < -0.39 is 0 Å². The van der Waals surface area contributed by atoms with E-state index in [1.54, 1.807) is 12.3 Å². The normalized spacial score (nSPS) is 10.6. The van der Waals surface area contributed by atoms with Gasteiger partial charge < -0.3 is 10.6 Å². The Hall–Kier alpha value is -1.65. The Bertz CT molecular complexity index is 571. The Morgan fingerprint density at radius 1 is 1.44 bits per heavy atom. The number of aromatic nitrogens is 1. The number of pyridine rings is 1. The first-order chi connectivity index (χ1) is 8.70. The molecule has 0 saturated carbocycles. The molecule has 0 aliphatic carbocycles. The number of amides is 1. The number of benzene rings is 1. The molecule has 18 heavy (non-hydrogen) atoms. The number of carbonyl (C=O) groups is 1. The van der Waals surface area contributed by atoms with Crippen molar-refractivity contribution in [1.29, 1.82) is 0 Å². The molecule has 1 aromatic heterocycles. The number of hydrogen-bond acceptors (Lipinski definition) is 3. The lowest BCUT2D eigenvalue weighted by atomic mass is 10.2. The zero-order chi connectivity index (χ0) is 13.0. The molecule has 1 amide bonds. The van der Waals surface area contributed by atoms with E-state index in [1.165, 1.54) is 0 Å². The van der Waals surface area contributed by atoms with Gasteiger partial charge in [0, 0.05) is 16.6 Å². The second kappa shape index (κ2) is 5.80. The van der Waals surface area contributed by atoms with E-state index in [4.69, 9.17) is 11.6 Å². The third-order valence-electron chi connectivity index (χ3n) is 2.48. The molecule has 94 valence electrons. The average molecular weight is 264 g/mol. The average Bonchev–Trinajstić information content (AvgIpc) is 2.36. The van der Waals surface area contributed by atoms with Gasteiger partial charge in [0.25, 0.3) is 0 Å². The number of anilines is 1. The number of nitrogens with zero attached hydrogens (tertiary/aromatic N) is 1. The van der Waals surface area contributed by atoms with Crippen LogP contribution < -0.4 is 10.6 Å². The predicted molar refractivity (Wildman–Crippen MR) is 73.9 cm³/mol. The molecule has 0 aliphatic rings. The van der Waals surface area contributed by atoms with Gasteiger partial charge in [-0.05, 0) is 24.7 Å². The van der Waals surface area contributed by atoms with Crippen molar-refractivity contribution in [2.24, 2.45) is 0 Å². The van der Waals surface area contributed by atoms with Crippen molar-refractivity contribution >= 4 is 34.1 Å². The smallest absolute Gasteiger partial charge is 0.238 e. The quantitative estimate of drug-likeness (QED) is 0.891. The molecule has 0 spiro atoms. The molecule has 0 radical (unpaired) electrons. The van der Waals surface area contributed by atoms with Gasteiger partial charge in [-0.15, -0.1) is 0 Å². The second-order valence-corrected chi connectivity index (χ2v) is 4.29. The molecule has 2 N–H and O–H groups in total. The van der Waals surface area contributed by atoms with Gasteiger partial charge >= 0.3 is 0 Å². The second-order valence-electron chi connectivity index (χ2n) is 3.86. The molecule has 4 nitrogen and oxygen atoms in total. The lowest BCUT2D eigenvalue weighted by molar-refractivity contribution is -0.115. The Labute approximate surface area is 110 Å². The molecule has 0 unspecified atom stereocenters. The molecule has 2 rings (SSSR count). The minimum atomic E-state index is -0.105. The van der Waals surface area contributed by atoms with E-state index in [0.717, 1.165) is 17.4 Å². The van der Waals surface area contributed by atoms with Gasteiger partial charge in [0.1, 0.15) is 0 Å². The van der Waals surface area contributed by atoms with Gasteiger partial charge in [-0.2, -0.15) is 0 Å². The highest BCUT2D eigenvalue weighted by atomic mass is 35.5. The Balaban J connectivity index is 2.29. The van der Waals surface area contributed by atoms with Crippen molar-refractivity contribution in [1.82, 2.24) is 10.3 Å². The minimum Gasteiger partial charge on any atom is -0.323 e. The monoisotopic (exact) mass is 263 g/mol. The fourth-order valence-electron chi connectivity index (χ4n) is 1.68. The number of fused-ring (bicyclic) bond motifs is 1. The third-order valence-corrected chi connectivity index (χ3v) is 2.70. The molecule has 0 bridgehead atoms. The molecule has 2 aromatic rings. The molecule has 0 atom stereocenters. The van der Waals surface area contributed by atoms with Crippen LogP contribution in [0.1, 0.15) is 6.92 Å². The highest BCUT2D eigenvalue weighted by molar-refractivity contribution is 6.32. The Morgan fingerprint density at radius 3 is 3.06 bits per heavy atom. The van der Waals surface area contributed by atoms with E-state index in [2.05, 4.69) is 15.6 Å². The largest absolute Gasteiger partial charge is 0.323 e. The van der Waals surface area contributed by atoms with Crippen molar-refractivity contribution in [3.8, 4) is 0 Å². The van der Waals surface area contributed by atoms with Gasteiger partial charge in [-0.3, -0.25) is 9.78 Å². The summed E-state index contributed by atoms with van der Waals surface area (Å²) in [5, 5.41) is 7.26. The summed E-state index contributed by atoms with van der Waals surface area (Å²) in [5.74, 6) is -0.105. The summed E-state index contributed by atoms with van der Waals surface area (Å²) in [6.07, 6.45) is 1.69. The maximum absolute atomic E-state index is 11.7. The topological polar surface area (TPSA) is 54.0 Å². The first kappa shape index (κ1) is 12.8. The van der Waals surface area contributed by atoms with E-state index in [1.807, 2.05) is 25.1 Å². The highest BCUT2D eigenvalue weighted by Gasteiger charge is 2.07. The number of halogens is 1. The van der Waals surface area contributed by atoms with Gasteiger partial charge in [-0.1, -0.05) is 24.6 Å². The summed E-state index contributed by atoms with van der Waals surface area (Å²) in [6.45, 7) is 2.98. The highest BCUT2D eigenvalue weighted by Crippen LogP contribution is 2.26. The van der Waals surface area contributed by atoms with Crippen molar-refractivity contribution in [2.75, 3.05) is 18.4 Å². The number of carbonyl (C=O) groups excluding carboxylic acids is 1. The molecule has 0 fully saturated rings. The van der Waals surface area contributed by atoms with E-state index in [9.17, 15) is 4.79 Å². The lowest BCUT2D eigenvalue weighted by Crippen LogP contribution is -2.27. The van der Waals surface area contributed by atoms with Crippen molar-refractivity contribution in [3.05, 3.63) is 35.5 Å². The molecule has 0 saturated heterocycles. The van der Waals surface area contributed by atoms with Crippen LogP contribution in [-0.4, -0.2) is 24.0 Å². The molecule has 1 heterocycles. The SMILES string of the molecule is CCNCC(=O)Nc1cc(Cl)cc2cccnc12. The molecule has 1 aromatic carbocycles. The van der Waals surface area contributed by atoms with Crippen LogP contribution >= 0.6 is 11.6 Å². The van der Waals surface area contributed by atoms with Crippen LogP contribution in [0.15, 0.2) is 30.5 Å². The molecular weight excluding hydrogens is 250 g/mol. The fraction of sp³-hybridized carbons (Fsp3) is 0.231. The van der Waals surface area contributed by atoms with Gasteiger partial charge in [0.2, 0.25) is 5.91 Å². The van der Waals surface area contributed by atoms with Crippen LogP contribution in [0.3, 0.4) is 0 Å². The fourth-order valence-corrected chi connectivity index (χ4v) is 1.91. The predicted octanol–water partition coefficient (Wildman–Crippen LogP) is 2.44. The molecular formula is C13H14ClN3O. The molecule has 0 aliphatic heterocycles. The Kier molecular flexibility index (Phi) is 4.12. The summed E-state index contributed by atoms with van der Waals surface area (Å²) in [4.78, 5) is 15.9. The minimum absolute atomic E-state index is 0.105. The summed E-state index contributed by atoms with van der Waals surface area (Å²) in [7, 11) is 0. The number of hydrogen-bond donors (Lipinski definition) is 2. The standard InChI is InChI=1S/C13H14ClN3O/c1-2-15-8-12(18)17-11-7-10(14)6-9-4-3-5-16-13(9)11/h3-7,15H,2,8H2,1H3,(H,17,18). The van der Waals surface area contributed by atoms with Crippen molar-refractivity contribution in [3.63, 3.8) is 0 Å². The summed E-state index contributed by atoms with van der Waals surface area (Å²) in [6, 6.07) is 7.28. The van der Waals surface area contributed by atoms with Crippen LogP contribution in [-0.2, 0) is 4.79 Å². The summed E-state index contributed by atoms with van der Waals surface area (Å²) in [5.41, 5.74) is 1.38. The third kappa shape index (κ3) is 2.97. The van der Waals surface area contributed by atoms with Crippen LogP contribution in [0.4, 0.5) is 5.69 Å². The van der Waals surface area contributed by atoms with Gasteiger partial charge in [-0.25, -0.2) is 0 Å². The zero-order valence-corrected chi connectivity index (χ0v) is 10.8. The van der Waals surface area contributed by atoms with Gasteiger partial charge in [0.05, 0.1) is 17.7 Å². The summed E-state index contributed by atoms with van der Waals surface area (Å²) < 4.78 is 0. The maximum Gasteiger partial charge on any atom is 0.238 e. The van der Waals surface area contributed by atoms with Crippen molar-refractivity contribution in [2.45, 2.75) is 6.92 Å². The van der Waals surface area contributed by atoms with Crippen LogP contribution in [0.25, 0.3) is 10.9 Å². The van der Waals surface area contributed by atoms with Crippen LogP contribution in [0.5, 0.6) is 0 Å². The number of likely N-dealkylation sites (N-methyl/N-ethyl adjacent to an activating group) is 1. The zero-order valence-electron chi connectivity index (χ0n) is 10.0. The summed E-state index contributed by atoms with van der Waals surface area (Å²) >= 11 is 6.02. The van der Waals surface area contributed by atoms with Crippen LogP contribution in [0.2, 0.25) is 5.02 Å². The lowest BCUT2D eigenvalue weighted by Gasteiger charge is -2.09. The van der Waals surface area contributed by atoms with E-state index >= 15 is 0 Å². The maximum atomic E-state index is 11.7. The number of nitrogens with one attached hydrogen (secondary N) is 2. The van der Waals surface area contributed by atoms with Gasteiger partial charge in [0.15, 0.2) is 0 Å². The first-order valence-electron chi connectivity index (χ1n) is 5.75. The van der Waals surface area contributed by atoms with Crippen LogP contribution in [0, 0.1) is 0 Å². The first-order valence-corrected chi connectivity index (χ1v) is 6.13.